The van der Waals surface area contributed by atoms with Gasteiger partial charge in [0.15, 0.2) is 0 Å². The molecule has 2 heterocycles. The minimum absolute atomic E-state index is 0. The van der Waals surface area contributed by atoms with Gasteiger partial charge in [-0.2, -0.15) is 0 Å². The first-order chi connectivity index (χ1) is 11.2. The Kier molecular flexibility index (Phi) is 6.40. The Hall–Kier alpha value is -1.85. The molecule has 1 aliphatic heterocycles. The van der Waals surface area contributed by atoms with Crippen LogP contribution in [-0.4, -0.2) is 42.0 Å². The highest BCUT2D eigenvalue weighted by atomic mass is 35.5. The van der Waals surface area contributed by atoms with Gasteiger partial charge in [-0.3, -0.25) is 9.59 Å². The van der Waals surface area contributed by atoms with Crippen LogP contribution in [0.3, 0.4) is 0 Å². The summed E-state index contributed by atoms with van der Waals surface area (Å²) in [5.74, 6) is 0.466. The average Bonchev–Trinajstić information content (AvgIpc) is 2.59. The van der Waals surface area contributed by atoms with E-state index < -0.39 is 0 Å². The Balaban J connectivity index is 0.00000208. The van der Waals surface area contributed by atoms with Gasteiger partial charge in [0.2, 0.25) is 0 Å². The van der Waals surface area contributed by atoms with Crippen LogP contribution in [0.25, 0.3) is 10.9 Å². The number of piperidine rings is 1. The van der Waals surface area contributed by atoms with Crippen LogP contribution in [0.2, 0.25) is 0 Å². The van der Waals surface area contributed by atoms with Gasteiger partial charge >= 0.3 is 0 Å². The first-order valence-corrected chi connectivity index (χ1v) is 8.31. The Bertz CT molecular complexity index is 751. The minimum atomic E-state index is -0.302. The average molecular weight is 350 g/mol. The number of hydrogen-bond acceptors (Lipinski definition) is 3. The molecule has 0 aliphatic carbocycles. The molecular weight excluding hydrogens is 326 g/mol. The van der Waals surface area contributed by atoms with Crippen molar-refractivity contribution in [3.63, 3.8) is 0 Å². The molecule has 0 atom stereocenters. The minimum Gasteiger partial charge on any atom is -0.338 e. The van der Waals surface area contributed by atoms with Crippen molar-refractivity contribution in [2.45, 2.75) is 19.8 Å². The highest BCUT2D eigenvalue weighted by Crippen LogP contribution is 2.18. The van der Waals surface area contributed by atoms with Crippen molar-refractivity contribution in [3.05, 3.63) is 46.2 Å². The third-order valence-electron chi connectivity index (χ3n) is 4.57. The molecule has 1 amide bonds. The van der Waals surface area contributed by atoms with Crippen molar-refractivity contribution in [3.8, 4) is 0 Å². The van der Waals surface area contributed by atoms with Crippen LogP contribution in [0.5, 0.6) is 0 Å². The maximum atomic E-state index is 12.7. The zero-order chi connectivity index (χ0) is 16.2. The van der Waals surface area contributed by atoms with E-state index in [1.165, 1.54) is 0 Å². The summed E-state index contributed by atoms with van der Waals surface area (Å²) in [5.41, 5.74) is 0.704. The van der Waals surface area contributed by atoms with Crippen molar-refractivity contribution < 1.29 is 4.79 Å². The van der Waals surface area contributed by atoms with Crippen LogP contribution in [0.15, 0.2) is 35.1 Å². The number of hydrogen-bond donors (Lipinski definition) is 2. The van der Waals surface area contributed by atoms with Gasteiger partial charge in [-0.05, 0) is 49.4 Å². The van der Waals surface area contributed by atoms with Gasteiger partial charge in [0, 0.05) is 18.6 Å². The fourth-order valence-electron chi connectivity index (χ4n) is 3.17. The van der Waals surface area contributed by atoms with Crippen molar-refractivity contribution in [1.29, 1.82) is 0 Å². The van der Waals surface area contributed by atoms with E-state index >= 15 is 0 Å². The third kappa shape index (κ3) is 3.97. The number of amides is 1. The fourth-order valence-corrected chi connectivity index (χ4v) is 3.17. The molecule has 2 aromatic rings. The van der Waals surface area contributed by atoms with Gasteiger partial charge in [0.1, 0.15) is 5.56 Å². The number of carbonyl (C=O) groups is 1. The standard InChI is InChI=1S/C18H23N3O2.ClH/c1-2-19-12-13-7-9-21(10-8-13)18(23)15-11-14-5-3-4-6-16(14)20-17(15)22;/h3-6,11,13,19H,2,7-10,12H2,1H3,(H,20,22);1H. The smallest absolute Gasteiger partial charge is 0.261 e. The zero-order valence-corrected chi connectivity index (χ0v) is 14.7. The largest absolute Gasteiger partial charge is 0.338 e. The van der Waals surface area contributed by atoms with Crippen LogP contribution in [0, 0.1) is 5.92 Å². The second kappa shape index (κ2) is 8.31. The number of H-pyrrole nitrogens is 1. The lowest BCUT2D eigenvalue weighted by Gasteiger charge is -2.32. The van der Waals surface area contributed by atoms with Crippen molar-refractivity contribution in [1.82, 2.24) is 15.2 Å². The second-order valence-corrected chi connectivity index (χ2v) is 6.14. The van der Waals surface area contributed by atoms with Gasteiger partial charge in [-0.25, -0.2) is 0 Å². The van der Waals surface area contributed by atoms with Crippen molar-refractivity contribution in [2.24, 2.45) is 5.92 Å². The molecule has 3 rings (SSSR count). The first-order valence-electron chi connectivity index (χ1n) is 8.31. The van der Waals surface area contributed by atoms with Crippen LogP contribution in [-0.2, 0) is 0 Å². The van der Waals surface area contributed by atoms with E-state index in [2.05, 4.69) is 17.2 Å². The van der Waals surface area contributed by atoms with Gasteiger partial charge in [-0.1, -0.05) is 25.1 Å². The number of pyridine rings is 1. The summed E-state index contributed by atoms with van der Waals surface area (Å²) in [6.45, 7) is 5.54. The zero-order valence-electron chi connectivity index (χ0n) is 13.9. The molecule has 2 N–H and O–H groups in total. The number of nitrogens with one attached hydrogen (secondary N) is 2. The predicted molar refractivity (Wildman–Crippen MR) is 99.0 cm³/mol. The lowest BCUT2D eigenvalue weighted by molar-refractivity contribution is 0.0688. The molecular formula is C18H24ClN3O2. The number of carbonyl (C=O) groups excluding carboxylic acids is 1. The summed E-state index contributed by atoms with van der Waals surface area (Å²) >= 11 is 0. The SMILES string of the molecule is CCNCC1CCN(C(=O)c2cc3ccccc3[nH]c2=O)CC1.Cl. The molecule has 6 heteroatoms. The first kappa shape index (κ1) is 18.5. The maximum absolute atomic E-state index is 12.7. The van der Waals surface area contributed by atoms with E-state index in [1.807, 2.05) is 29.2 Å². The molecule has 1 aromatic carbocycles. The highest BCUT2D eigenvalue weighted by Gasteiger charge is 2.25. The molecule has 0 unspecified atom stereocenters. The molecule has 1 aromatic heterocycles. The molecule has 5 nitrogen and oxygen atoms in total. The molecule has 24 heavy (non-hydrogen) atoms. The normalized spacial score (nSPS) is 15.3. The lowest BCUT2D eigenvalue weighted by Crippen LogP contribution is -2.42. The molecule has 1 saturated heterocycles. The number of nitrogens with zero attached hydrogens (tertiary/aromatic N) is 1. The summed E-state index contributed by atoms with van der Waals surface area (Å²) in [6, 6.07) is 9.24. The number of aromatic nitrogens is 1. The fraction of sp³-hybridized carbons (Fsp3) is 0.444. The number of fused-ring (bicyclic) bond motifs is 1. The third-order valence-corrected chi connectivity index (χ3v) is 4.57. The predicted octanol–water partition coefficient (Wildman–Crippen LogP) is 2.41. The molecule has 0 bridgehead atoms. The summed E-state index contributed by atoms with van der Waals surface area (Å²) in [5, 5.41) is 4.25. The number of halogens is 1. The van der Waals surface area contributed by atoms with Gasteiger partial charge < -0.3 is 15.2 Å². The second-order valence-electron chi connectivity index (χ2n) is 6.14. The van der Waals surface area contributed by atoms with E-state index in [4.69, 9.17) is 0 Å². The van der Waals surface area contributed by atoms with Crippen LogP contribution < -0.4 is 10.9 Å². The number of para-hydroxylation sites is 1. The van der Waals surface area contributed by atoms with Crippen LogP contribution in [0.4, 0.5) is 0 Å². The summed E-state index contributed by atoms with van der Waals surface area (Å²) < 4.78 is 0. The van der Waals surface area contributed by atoms with Crippen LogP contribution in [0.1, 0.15) is 30.1 Å². The van der Waals surface area contributed by atoms with E-state index in [-0.39, 0.29) is 29.4 Å². The highest BCUT2D eigenvalue weighted by molar-refractivity contribution is 5.97. The van der Waals surface area contributed by atoms with E-state index in [0.29, 0.717) is 5.92 Å². The number of likely N-dealkylation sites (tertiary alicyclic amines) is 1. The Morgan fingerprint density at radius 2 is 2.00 bits per heavy atom. The summed E-state index contributed by atoms with van der Waals surface area (Å²) in [4.78, 5) is 29.5. The maximum Gasteiger partial charge on any atom is 0.261 e. The van der Waals surface area contributed by atoms with E-state index in [9.17, 15) is 9.59 Å². The van der Waals surface area contributed by atoms with E-state index in [0.717, 1.165) is 49.9 Å². The van der Waals surface area contributed by atoms with Gasteiger partial charge in [0.25, 0.3) is 11.5 Å². The molecule has 0 radical (unpaired) electrons. The molecule has 1 aliphatic rings. The Morgan fingerprint density at radius 1 is 1.29 bits per heavy atom. The quantitative estimate of drug-likeness (QED) is 0.890. The number of benzene rings is 1. The summed E-state index contributed by atoms with van der Waals surface area (Å²) in [6.07, 6.45) is 1.98. The van der Waals surface area contributed by atoms with Gasteiger partial charge in [0.05, 0.1) is 0 Å². The number of aromatic amines is 1. The monoisotopic (exact) mass is 349 g/mol. The Morgan fingerprint density at radius 3 is 2.71 bits per heavy atom. The Labute approximate surface area is 147 Å². The molecule has 130 valence electrons. The lowest BCUT2D eigenvalue weighted by atomic mass is 9.96. The number of rotatable bonds is 4. The molecule has 1 fully saturated rings. The van der Waals surface area contributed by atoms with Crippen LogP contribution >= 0.6 is 12.4 Å². The van der Waals surface area contributed by atoms with E-state index in [1.54, 1.807) is 6.07 Å². The van der Waals surface area contributed by atoms with Gasteiger partial charge in [-0.15, -0.1) is 12.4 Å². The summed E-state index contributed by atoms with van der Waals surface area (Å²) in [7, 11) is 0. The molecule has 0 saturated carbocycles. The molecule has 0 spiro atoms. The van der Waals surface area contributed by atoms with Crippen molar-refractivity contribution in [2.75, 3.05) is 26.2 Å². The van der Waals surface area contributed by atoms with Crippen molar-refractivity contribution >= 4 is 29.2 Å². The topological polar surface area (TPSA) is 65.2 Å².